The van der Waals surface area contributed by atoms with E-state index in [0.717, 1.165) is 22.8 Å². The summed E-state index contributed by atoms with van der Waals surface area (Å²) >= 11 is 0. The summed E-state index contributed by atoms with van der Waals surface area (Å²) in [6, 6.07) is 4.06. The second kappa shape index (κ2) is 7.56. The first-order valence-corrected chi connectivity index (χ1v) is 10.5. The highest BCUT2D eigenvalue weighted by molar-refractivity contribution is 7.46. The Morgan fingerprint density at radius 3 is 2.58 bits per heavy atom. The molecule has 140 valence electrons. The third-order valence-corrected chi connectivity index (χ3v) is 5.80. The molecule has 26 heavy (non-hydrogen) atoms. The molecule has 0 spiro atoms. The van der Waals surface area contributed by atoms with Crippen LogP contribution in [0.25, 0.3) is 11.0 Å². The lowest BCUT2D eigenvalue weighted by Crippen LogP contribution is -2.26. The lowest BCUT2D eigenvalue weighted by atomic mass is 9.90. The van der Waals surface area contributed by atoms with E-state index in [-0.39, 0.29) is 5.82 Å². The van der Waals surface area contributed by atoms with Crippen LogP contribution in [-0.4, -0.2) is 22.4 Å². The van der Waals surface area contributed by atoms with Crippen molar-refractivity contribution in [3.8, 4) is 0 Å². The van der Waals surface area contributed by atoms with Gasteiger partial charge in [-0.3, -0.25) is 0 Å². The van der Waals surface area contributed by atoms with Gasteiger partial charge in [-0.1, -0.05) is 39.3 Å². The lowest BCUT2D eigenvalue weighted by molar-refractivity contribution is -0.144. The summed E-state index contributed by atoms with van der Waals surface area (Å²) in [6.45, 7) is 6.49. The van der Waals surface area contributed by atoms with Crippen LogP contribution in [0.1, 0.15) is 44.0 Å². The van der Waals surface area contributed by atoms with E-state index in [0.29, 0.717) is 39.1 Å². The van der Waals surface area contributed by atoms with Gasteiger partial charge in [0.15, 0.2) is 0 Å². The second-order valence-electron chi connectivity index (χ2n) is 6.50. The number of alkyl halides is 3. The molecule has 2 unspecified atom stereocenters. The Bertz CT molecular complexity index is 862. The molecule has 0 bridgehead atoms. The number of rotatable bonds is 5. The van der Waals surface area contributed by atoms with Gasteiger partial charge in [0.2, 0.25) is 0 Å². The van der Waals surface area contributed by atoms with Crippen molar-refractivity contribution in [2.24, 2.45) is 0 Å². The molecule has 0 fully saturated rings. The minimum absolute atomic E-state index is 0.128. The molecule has 2 aromatic rings. The summed E-state index contributed by atoms with van der Waals surface area (Å²) in [5, 5.41) is 1.14. The fraction of sp³-hybridized carbons (Fsp3) is 0.450. The molecule has 0 N–H and O–H groups in total. The molecule has 1 heterocycles. The number of aromatic nitrogens is 2. The highest BCUT2D eigenvalue weighted by atomic mass is 31.1. The van der Waals surface area contributed by atoms with Crippen LogP contribution in [0.2, 0.25) is 0 Å². The number of hydrogen-bond acceptors (Lipinski definition) is 1. The SMILES string of the molecule is CCc1cc(PC)cc2nc(C(C3=CC=CCC3)C(F)(F)F)n(CC)c12. The first-order valence-electron chi connectivity index (χ1n) is 9.03. The van der Waals surface area contributed by atoms with Crippen LogP contribution in [0, 0.1) is 0 Å². The van der Waals surface area contributed by atoms with E-state index in [1.807, 2.05) is 26.0 Å². The van der Waals surface area contributed by atoms with Gasteiger partial charge in [-0.25, -0.2) is 4.98 Å². The van der Waals surface area contributed by atoms with Crippen molar-refractivity contribution >= 4 is 24.9 Å². The number of nitrogens with zero attached hydrogens (tertiary/aromatic N) is 2. The summed E-state index contributed by atoms with van der Waals surface area (Å²) in [6.07, 6.45) is 2.74. The Kier molecular flexibility index (Phi) is 5.57. The van der Waals surface area contributed by atoms with Crippen LogP contribution in [0.5, 0.6) is 0 Å². The first kappa shape index (κ1) is 19.2. The van der Waals surface area contributed by atoms with Gasteiger partial charge in [0.25, 0.3) is 0 Å². The third-order valence-electron chi connectivity index (χ3n) is 4.94. The summed E-state index contributed by atoms with van der Waals surface area (Å²) in [5.41, 5.74) is 3.02. The monoisotopic (exact) mass is 380 g/mol. The van der Waals surface area contributed by atoms with Gasteiger partial charge >= 0.3 is 6.18 Å². The zero-order valence-corrected chi connectivity index (χ0v) is 16.3. The Balaban J connectivity index is 2.28. The summed E-state index contributed by atoms with van der Waals surface area (Å²) < 4.78 is 43.9. The predicted octanol–water partition coefficient (Wildman–Crippen LogP) is 5.47. The Morgan fingerprint density at radius 2 is 2.04 bits per heavy atom. The van der Waals surface area contributed by atoms with Crippen LogP contribution in [0.4, 0.5) is 13.2 Å². The van der Waals surface area contributed by atoms with E-state index in [1.54, 1.807) is 16.7 Å². The average molecular weight is 380 g/mol. The van der Waals surface area contributed by atoms with Crippen LogP contribution >= 0.6 is 8.58 Å². The maximum Gasteiger partial charge on any atom is 0.402 e. The molecule has 1 aromatic heterocycles. The molecule has 3 rings (SSSR count). The van der Waals surface area contributed by atoms with Gasteiger partial charge in [0.1, 0.15) is 11.7 Å². The topological polar surface area (TPSA) is 17.8 Å². The molecular weight excluding hydrogens is 356 g/mol. The van der Waals surface area contributed by atoms with Crippen molar-refractivity contribution < 1.29 is 13.2 Å². The smallest absolute Gasteiger partial charge is 0.327 e. The predicted molar refractivity (Wildman–Crippen MR) is 104 cm³/mol. The highest BCUT2D eigenvalue weighted by Crippen LogP contribution is 2.43. The second-order valence-corrected chi connectivity index (χ2v) is 7.58. The number of hydrogen-bond donors (Lipinski definition) is 0. The minimum Gasteiger partial charge on any atom is -0.327 e. The molecular formula is C20H24F3N2P. The van der Waals surface area contributed by atoms with E-state index in [4.69, 9.17) is 0 Å². The normalized spacial score (nSPS) is 16.6. The maximum absolute atomic E-state index is 14.0. The molecule has 0 amide bonds. The number of aryl methyl sites for hydroxylation is 2. The fourth-order valence-electron chi connectivity index (χ4n) is 3.71. The van der Waals surface area contributed by atoms with Crippen molar-refractivity contribution in [1.29, 1.82) is 0 Å². The van der Waals surface area contributed by atoms with Gasteiger partial charge in [0.05, 0.1) is 11.0 Å². The molecule has 6 heteroatoms. The van der Waals surface area contributed by atoms with Crippen molar-refractivity contribution in [1.82, 2.24) is 9.55 Å². The van der Waals surface area contributed by atoms with E-state index in [9.17, 15) is 13.2 Å². The zero-order chi connectivity index (χ0) is 18.9. The van der Waals surface area contributed by atoms with Crippen LogP contribution in [0.3, 0.4) is 0 Å². The standard InChI is InChI=1S/C20H24F3N2P/c1-4-13-11-15(26-3)12-16-18(13)25(5-2)19(24-16)17(20(21,22)23)14-9-7-6-8-10-14/h6-7,9,11-12,17,26H,4-5,8,10H2,1-3H3. The third kappa shape index (κ3) is 3.46. The van der Waals surface area contributed by atoms with Crippen LogP contribution in [-0.2, 0) is 13.0 Å². The molecule has 1 aliphatic carbocycles. The summed E-state index contributed by atoms with van der Waals surface area (Å²) in [5.74, 6) is -1.51. The van der Waals surface area contributed by atoms with Gasteiger partial charge < -0.3 is 4.57 Å². The number of fused-ring (bicyclic) bond motifs is 1. The average Bonchev–Trinajstić information content (AvgIpc) is 2.98. The molecule has 1 aliphatic rings. The van der Waals surface area contributed by atoms with E-state index in [1.165, 1.54) is 0 Å². The number of allylic oxidation sites excluding steroid dienone is 4. The van der Waals surface area contributed by atoms with E-state index >= 15 is 0 Å². The van der Waals surface area contributed by atoms with Crippen LogP contribution < -0.4 is 5.30 Å². The van der Waals surface area contributed by atoms with Crippen molar-refractivity contribution in [2.45, 2.75) is 51.7 Å². The molecule has 1 aromatic carbocycles. The first-order chi connectivity index (χ1) is 12.4. The fourth-order valence-corrected chi connectivity index (χ4v) is 4.31. The molecule has 2 atom stereocenters. The maximum atomic E-state index is 14.0. The summed E-state index contributed by atoms with van der Waals surface area (Å²) in [7, 11) is 0.596. The number of benzene rings is 1. The molecule has 0 saturated heterocycles. The minimum atomic E-state index is -4.35. The van der Waals surface area contributed by atoms with Gasteiger partial charge in [-0.2, -0.15) is 13.2 Å². The number of imidazole rings is 1. The zero-order valence-electron chi connectivity index (χ0n) is 15.3. The molecule has 0 aliphatic heterocycles. The highest BCUT2D eigenvalue weighted by Gasteiger charge is 2.46. The Hall–Kier alpha value is -1.61. The van der Waals surface area contributed by atoms with Gasteiger partial charge in [-0.05, 0) is 55.9 Å². The van der Waals surface area contributed by atoms with Gasteiger partial charge in [0, 0.05) is 6.54 Å². The lowest BCUT2D eigenvalue weighted by Gasteiger charge is -2.24. The molecule has 0 saturated carbocycles. The van der Waals surface area contributed by atoms with Gasteiger partial charge in [-0.15, -0.1) is 0 Å². The van der Waals surface area contributed by atoms with Crippen LogP contribution in [0.15, 0.2) is 35.9 Å². The Labute approximate surface area is 154 Å². The van der Waals surface area contributed by atoms with E-state index in [2.05, 4.69) is 17.7 Å². The molecule has 2 nitrogen and oxygen atoms in total. The number of halogens is 3. The van der Waals surface area contributed by atoms with Crippen molar-refractivity contribution in [2.75, 3.05) is 6.66 Å². The van der Waals surface area contributed by atoms with Crippen molar-refractivity contribution in [3.05, 3.63) is 47.3 Å². The van der Waals surface area contributed by atoms with Crippen molar-refractivity contribution in [3.63, 3.8) is 0 Å². The Morgan fingerprint density at radius 1 is 1.27 bits per heavy atom. The summed E-state index contributed by atoms with van der Waals surface area (Å²) in [4.78, 5) is 4.53. The van der Waals surface area contributed by atoms with E-state index < -0.39 is 12.1 Å². The largest absolute Gasteiger partial charge is 0.402 e. The molecule has 0 radical (unpaired) electrons. The quantitative estimate of drug-likeness (QED) is 0.629.